The van der Waals surface area contributed by atoms with Gasteiger partial charge in [0, 0.05) is 22.8 Å². The summed E-state index contributed by atoms with van der Waals surface area (Å²) in [6.45, 7) is 1.91. The van der Waals surface area contributed by atoms with Crippen LogP contribution in [0.25, 0.3) is 10.9 Å². The van der Waals surface area contributed by atoms with Gasteiger partial charge in [-0.15, -0.1) is 0 Å². The number of para-hydroxylation sites is 1. The molecule has 3 heteroatoms. The molecule has 19 heavy (non-hydrogen) atoms. The fraction of sp³-hybridized carbons (Fsp3) is 0.125. The summed E-state index contributed by atoms with van der Waals surface area (Å²) in [5.41, 5.74) is 3.23. The lowest BCUT2D eigenvalue weighted by Crippen LogP contribution is -2.03. The van der Waals surface area contributed by atoms with Crippen molar-refractivity contribution in [3.8, 4) is 0 Å². The zero-order valence-electron chi connectivity index (χ0n) is 10.6. The highest BCUT2D eigenvalue weighted by molar-refractivity contribution is 5.78. The molecule has 3 nitrogen and oxygen atoms in total. The van der Waals surface area contributed by atoms with Crippen LogP contribution in [0.2, 0.25) is 0 Å². The van der Waals surface area contributed by atoms with Gasteiger partial charge in [-0.3, -0.25) is 9.97 Å². The second-order valence-corrected chi connectivity index (χ2v) is 4.57. The fourth-order valence-corrected chi connectivity index (χ4v) is 2.12. The van der Waals surface area contributed by atoms with E-state index in [4.69, 9.17) is 0 Å². The minimum atomic E-state index is -0.739. The van der Waals surface area contributed by atoms with Crippen LogP contribution in [0, 0.1) is 6.92 Å². The molecule has 0 radical (unpaired) electrons. The van der Waals surface area contributed by atoms with Gasteiger partial charge < -0.3 is 5.11 Å². The molecule has 0 fully saturated rings. The molecule has 0 aliphatic carbocycles. The average molecular weight is 250 g/mol. The van der Waals surface area contributed by atoms with Crippen molar-refractivity contribution in [3.05, 3.63) is 71.7 Å². The number of benzene rings is 1. The number of aryl methyl sites for hydroxylation is 1. The van der Waals surface area contributed by atoms with E-state index in [1.165, 1.54) is 0 Å². The summed E-state index contributed by atoms with van der Waals surface area (Å²) >= 11 is 0. The molecule has 2 heterocycles. The van der Waals surface area contributed by atoms with E-state index in [1.54, 1.807) is 6.20 Å². The lowest BCUT2D eigenvalue weighted by atomic mass is 10.1. The van der Waals surface area contributed by atoms with Crippen LogP contribution in [0.1, 0.15) is 23.1 Å². The van der Waals surface area contributed by atoms with E-state index in [0.717, 1.165) is 22.2 Å². The molecule has 0 aliphatic heterocycles. The Bertz CT molecular complexity index is 725. The number of hydrogen-bond donors (Lipinski definition) is 1. The molecule has 3 rings (SSSR count). The summed E-state index contributed by atoms with van der Waals surface area (Å²) in [6, 6.07) is 15.4. The Hall–Kier alpha value is -2.26. The first kappa shape index (κ1) is 11.8. The van der Waals surface area contributed by atoms with Crippen LogP contribution in [0.4, 0.5) is 0 Å². The zero-order chi connectivity index (χ0) is 13.2. The lowest BCUT2D eigenvalue weighted by molar-refractivity contribution is 0.215. The smallest absolute Gasteiger partial charge is 0.122 e. The largest absolute Gasteiger partial charge is 0.382 e. The van der Waals surface area contributed by atoms with Gasteiger partial charge in [0.25, 0.3) is 0 Å². The predicted molar refractivity (Wildman–Crippen MR) is 74.8 cm³/mol. The summed E-state index contributed by atoms with van der Waals surface area (Å²) in [5.74, 6) is 0. The average Bonchev–Trinajstić information content (AvgIpc) is 2.46. The van der Waals surface area contributed by atoms with Gasteiger partial charge in [0.15, 0.2) is 0 Å². The van der Waals surface area contributed by atoms with E-state index >= 15 is 0 Å². The number of hydrogen-bond acceptors (Lipinski definition) is 3. The molecule has 1 N–H and O–H groups in total. The summed E-state index contributed by atoms with van der Waals surface area (Å²) in [5, 5.41) is 11.4. The van der Waals surface area contributed by atoms with Gasteiger partial charge in [0.2, 0.25) is 0 Å². The van der Waals surface area contributed by atoms with E-state index in [0.29, 0.717) is 5.69 Å². The van der Waals surface area contributed by atoms with Crippen molar-refractivity contribution in [1.82, 2.24) is 9.97 Å². The number of rotatable bonds is 2. The third-order valence-electron chi connectivity index (χ3n) is 3.12. The van der Waals surface area contributed by atoms with Gasteiger partial charge in [0.05, 0.1) is 11.2 Å². The van der Waals surface area contributed by atoms with Crippen molar-refractivity contribution in [2.24, 2.45) is 0 Å². The standard InChI is InChI=1S/C16H14N2O/c1-11-5-4-8-15(18-11)16(19)13-9-12-6-2-3-7-14(12)17-10-13/h2-10,16,19H,1H3. The Kier molecular flexibility index (Phi) is 2.97. The maximum Gasteiger partial charge on any atom is 0.122 e. The topological polar surface area (TPSA) is 46.0 Å². The molecule has 2 aromatic heterocycles. The number of aliphatic hydroxyl groups excluding tert-OH is 1. The van der Waals surface area contributed by atoms with Crippen LogP contribution in [-0.4, -0.2) is 15.1 Å². The van der Waals surface area contributed by atoms with Crippen LogP contribution < -0.4 is 0 Å². The zero-order valence-corrected chi connectivity index (χ0v) is 10.6. The maximum absolute atomic E-state index is 10.4. The highest BCUT2D eigenvalue weighted by Crippen LogP contribution is 2.22. The third kappa shape index (κ3) is 2.33. The van der Waals surface area contributed by atoms with Gasteiger partial charge in [-0.25, -0.2) is 0 Å². The Balaban J connectivity index is 2.04. The molecule has 1 unspecified atom stereocenters. The molecule has 0 aliphatic rings. The number of aromatic nitrogens is 2. The molecule has 0 saturated carbocycles. The summed E-state index contributed by atoms with van der Waals surface area (Å²) < 4.78 is 0. The highest BCUT2D eigenvalue weighted by Gasteiger charge is 2.12. The van der Waals surface area contributed by atoms with E-state index in [-0.39, 0.29) is 0 Å². The normalized spacial score (nSPS) is 12.5. The SMILES string of the molecule is Cc1cccc(C(O)c2cnc3ccccc3c2)n1. The summed E-state index contributed by atoms with van der Waals surface area (Å²) in [7, 11) is 0. The molecule has 3 aromatic rings. The first-order valence-corrected chi connectivity index (χ1v) is 6.20. The first-order valence-electron chi connectivity index (χ1n) is 6.20. The molecule has 0 saturated heterocycles. The first-order chi connectivity index (χ1) is 9.24. The Morgan fingerprint density at radius 3 is 2.74 bits per heavy atom. The fourth-order valence-electron chi connectivity index (χ4n) is 2.12. The number of aliphatic hydroxyl groups is 1. The summed E-state index contributed by atoms with van der Waals surface area (Å²) in [4.78, 5) is 8.71. The summed E-state index contributed by atoms with van der Waals surface area (Å²) in [6.07, 6.45) is 0.966. The van der Waals surface area contributed by atoms with Crippen molar-refractivity contribution >= 4 is 10.9 Å². The molecule has 0 bridgehead atoms. The lowest BCUT2D eigenvalue weighted by Gasteiger charge is -2.11. The van der Waals surface area contributed by atoms with Crippen LogP contribution in [0.3, 0.4) is 0 Å². The van der Waals surface area contributed by atoms with Crippen molar-refractivity contribution in [1.29, 1.82) is 0 Å². The van der Waals surface area contributed by atoms with Crippen molar-refractivity contribution in [2.45, 2.75) is 13.0 Å². The van der Waals surface area contributed by atoms with Gasteiger partial charge in [-0.1, -0.05) is 24.3 Å². The Morgan fingerprint density at radius 1 is 1.05 bits per heavy atom. The molecule has 94 valence electrons. The number of pyridine rings is 2. The van der Waals surface area contributed by atoms with Crippen LogP contribution in [0.15, 0.2) is 54.7 Å². The molecule has 0 spiro atoms. The monoisotopic (exact) mass is 250 g/mol. The quantitative estimate of drug-likeness (QED) is 0.760. The van der Waals surface area contributed by atoms with Gasteiger partial charge in [0.1, 0.15) is 6.10 Å². The van der Waals surface area contributed by atoms with Crippen molar-refractivity contribution in [3.63, 3.8) is 0 Å². The Labute approximate surface area is 111 Å². The Morgan fingerprint density at radius 2 is 1.89 bits per heavy atom. The van der Waals surface area contributed by atoms with E-state index in [9.17, 15) is 5.11 Å². The molecule has 1 aromatic carbocycles. The second kappa shape index (κ2) is 4.78. The van der Waals surface area contributed by atoms with Crippen molar-refractivity contribution in [2.75, 3.05) is 0 Å². The maximum atomic E-state index is 10.4. The molecular weight excluding hydrogens is 236 g/mol. The van der Waals surface area contributed by atoms with Gasteiger partial charge >= 0.3 is 0 Å². The van der Waals surface area contributed by atoms with E-state index < -0.39 is 6.10 Å². The minimum Gasteiger partial charge on any atom is -0.382 e. The number of nitrogens with zero attached hydrogens (tertiary/aromatic N) is 2. The van der Waals surface area contributed by atoms with Crippen LogP contribution in [-0.2, 0) is 0 Å². The minimum absolute atomic E-state index is 0.650. The van der Waals surface area contributed by atoms with Gasteiger partial charge in [-0.05, 0) is 31.2 Å². The number of fused-ring (bicyclic) bond motifs is 1. The van der Waals surface area contributed by atoms with Crippen molar-refractivity contribution < 1.29 is 5.11 Å². The molecule has 0 amide bonds. The van der Waals surface area contributed by atoms with E-state index in [2.05, 4.69) is 9.97 Å². The van der Waals surface area contributed by atoms with Crippen LogP contribution in [0.5, 0.6) is 0 Å². The predicted octanol–water partition coefficient (Wildman–Crippen LogP) is 3.02. The third-order valence-corrected chi connectivity index (χ3v) is 3.12. The highest BCUT2D eigenvalue weighted by atomic mass is 16.3. The molecular formula is C16H14N2O. The second-order valence-electron chi connectivity index (χ2n) is 4.57. The molecule has 1 atom stereocenters. The van der Waals surface area contributed by atoms with Crippen LogP contribution >= 0.6 is 0 Å². The van der Waals surface area contributed by atoms with E-state index in [1.807, 2.05) is 55.5 Å². The van der Waals surface area contributed by atoms with Gasteiger partial charge in [-0.2, -0.15) is 0 Å².